The van der Waals surface area contributed by atoms with Crippen LogP contribution in [0.1, 0.15) is 11.1 Å². The second-order valence-corrected chi connectivity index (χ2v) is 5.30. The van der Waals surface area contributed by atoms with Gasteiger partial charge in [-0.2, -0.15) is 0 Å². The Morgan fingerprint density at radius 1 is 1.17 bits per heavy atom. The molecule has 2 aromatic carbocycles. The lowest BCUT2D eigenvalue weighted by Crippen LogP contribution is -2.13. The smallest absolute Gasteiger partial charge is 0.123 e. The summed E-state index contributed by atoms with van der Waals surface area (Å²) in [7, 11) is 0. The van der Waals surface area contributed by atoms with Crippen LogP contribution in [-0.4, -0.2) is 5.84 Å². The fourth-order valence-electron chi connectivity index (χ4n) is 1.63. The van der Waals surface area contributed by atoms with Gasteiger partial charge in [-0.25, -0.2) is 0 Å². The predicted octanol–water partition coefficient (Wildman–Crippen LogP) is 3.92. The first-order valence-corrected chi connectivity index (χ1v) is 6.84. The van der Waals surface area contributed by atoms with Gasteiger partial charge in [0.15, 0.2) is 0 Å². The summed E-state index contributed by atoms with van der Waals surface area (Å²) in [5.74, 6) is 0.883. The molecule has 0 aliphatic rings. The van der Waals surface area contributed by atoms with Crippen molar-refractivity contribution in [2.45, 2.75) is 10.6 Å². The third kappa shape index (κ3) is 3.28. The topological polar surface area (TPSA) is 49.9 Å². The fraction of sp³-hybridized carbons (Fsp3) is 0.0714. The molecule has 18 heavy (non-hydrogen) atoms. The number of hydrogen-bond acceptors (Lipinski definition) is 2. The molecule has 0 bridgehead atoms. The zero-order valence-corrected chi connectivity index (χ0v) is 11.3. The Morgan fingerprint density at radius 3 is 2.67 bits per heavy atom. The number of nitrogens with one attached hydrogen (secondary N) is 1. The summed E-state index contributed by atoms with van der Waals surface area (Å²) in [5, 5.41) is 8.28. The Kier molecular flexibility index (Phi) is 4.28. The van der Waals surface area contributed by atoms with Gasteiger partial charge in [0.05, 0.1) is 0 Å². The van der Waals surface area contributed by atoms with Gasteiger partial charge in [0.25, 0.3) is 0 Å². The number of halogens is 1. The molecule has 0 aromatic heterocycles. The van der Waals surface area contributed by atoms with E-state index in [1.807, 2.05) is 48.5 Å². The number of nitrogen functional groups attached to an aromatic ring is 1. The third-order valence-electron chi connectivity index (χ3n) is 2.50. The highest BCUT2D eigenvalue weighted by molar-refractivity contribution is 7.98. The minimum absolute atomic E-state index is 0.109. The number of nitrogens with two attached hydrogens (primary N) is 1. The van der Waals surface area contributed by atoms with Crippen molar-refractivity contribution < 1.29 is 0 Å². The summed E-state index contributed by atoms with van der Waals surface area (Å²) < 4.78 is 0. The zero-order chi connectivity index (χ0) is 13.0. The van der Waals surface area contributed by atoms with E-state index in [0.29, 0.717) is 0 Å². The number of rotatable bonds is 4. The Bertz CT molecular complexity index is 569. The van der Waals surface area contributed by atoms with Crippen LogP contribution in [-0.2, 0) is 5.75 Å². The quantitative estimate of drug-likeness (QED) is 0.505. The minimum Gasteiger partial charge on any atom is -0.384 e. The van der Waals surface area contributed by atoms with E-state index in [0.717, 1.165) is 26.8 Å². The van der Waals surface area contributed by atoms with Crippen molar-refractivity contribution in [2.24, 2.45) is 5.73 Å². The van der Waals surface area contributed by atoms with Crippen molar-refractivity contribution in [1.82, 2.24) is 0 Å². The molecule has 0 saturated carbocycles. The monoisotopic (exact) mass is 276 g/mol. The van der Waals surface area contributed by atoms with Crippen LogP contribution in [0.3, 0.4) is 0 Å². The van der Waals surface area contributed by atoms with Crippen molar-refractivity contribution >= 4 is 29.2 Å². The molecule has 0 aliphatic heterocycles. The molecular weight excluding hydrogens is 264 g/mol. The lowest BCUT2D eigenvalue weighted by atomic mass is 10.1. The summed E-state index contributed by atoms with van der Waals surface area (Å²) in [5.41, 5.74) is 7.42. The van der Waals surface area contributed by atoms with Crippen molar-refractivity contribution in [3.8, 4) is 0 Å². The van der Waals surface area contributed by atoms with Gasteiger partial charge in [0, 0.05) is 21.2 Å². The van der Waals surface area contributed by atoms with E-state index in [2.05, 4.69) is 0 Å². The van der Waals surface area contributed by atoms with Crippen LogP contribution in [0.2, 0.25) is 5.02 Å². The SMILES string of the molecule is N=C(N)c1ccccc1CSc1cccc(Cl)c1. The van der Waals surface area contributed by atoms with Crippen molar-refractivity contribution in [3.05, 3.63) is 64.7 Å². The molecule has 0 heterocycles. The molecule has 0 atom stereocenters. The van der Waals surface area contributed by atoms with Crippen LogP contribution in [0.15, 0.2) is 53.4 Å². The molecule has 4 heteroatoms. The van der Waals surface area contributed by atoms with Crippen molar-refractivity contribution in [3.63, 3.8) is 0 Å². The van der Waals surface area contributed by atoms with E-state index in [4.69, 9.17) is 22.7 Å². The van der Waals surface area contributed by atoms with E-state index in [1.54, 1.807) is 11.8 Å². The zero-order valence-electron chi connectivity index (χ0n) is 9.69. The molecular formula is C14H13ClN2S. The molecule has 2 aromatic rings. The molecule has 0 spiro atoms. The Morgan fingerprint density at radius 2 is 1.94 bits per heavy atom. The van der Waals surface area contributed by atoms with Crippen LogP contribution in [0.4, 0.5) is 0 Å². The van der Waals surface area contributed by atoms with Crippen LogP contribution >= 0.6 is 23.4 Å². The van der Waals surface area contributed by atoms with Crippen LogP contribution in [0, 0.1) is 5.41 Å². The highest BCUT2D eigenvalue weighted by Crippen LogP contribution is 2.26. The molecule has 3 N–H and O–H groups in total. The van der Waals surface area contributed by atoms with E-state index in [-0.39, 0.29) is 5.84 Å². The Balaban J connectivity index is 2.13. The average Bonchev–Trinajstić information content (AvgIpc) is 2.37. The van der Waals surface area contributed by atoms with Crippen LogP contribution in [0.25, 0.3) is 0 Å². The normalized spacial score (nSPS) is 10.3. The van der Waals surface area contributed by atoms with Gasteiger partial charge < -0.3 is 5.73 Å². The first-order chi connectivity index (χ1) is 8.66. The van der Waals surface area contributed by atoms with Crippen molar-refractivity contribution in [1.29, 1.82) is 5.41 Å². The number of hydrogen-bond donors (Lipinski definition) is 2. The highest BCUT2D eigenvalue weighted by Gasteiger charge is 2.05. The molecule has 0 radical (unpaired) electrons. The first kappa shape index (κ1) is 13.0. The Labute approximate surface area is 116 Å². The summed E-state index contributed by atoms with van der Waals surface area (Å²) in [4.78, 5) is 1.11. The lowest BCUT2D eigenvalue weighted by molar-refractivity contribution is 1.33. The molecule has 0 fully saturated rings. The number of amidine groups is 1. The van der Waals surface area contributed by atoms with E-state index < -0.39 is 0 Å². The molecule has 0 saturated heterocycles. The maximum absolute atomic E-state index is 7.54. The molecule has 2 rings (SSSR count). The molecule has 0 amide bonds. The van der Waals surface area contributed by atoms with Gasteiger partial charge in [0.1, 0.15) is 5.84 Å². The molecule has 0 aliphatic carbocycles. The van der Waals surface area contributed by atoms with Gasteiger partial charge in [-0.1, -0.05) is 41.9 Å². The maximum Gasteiger partial charge on any atom is 0.123 e. The van der Waals surface area contributed by atoms with Crippen LogP contribution < -0.4 is 5.73 Å². The minimum atomic E-state index is 0.109. The number of benzene rings is 2. The van der Waals surface area contributed by atoms with Gasteiger partial charge in [-0.05, 0) is 23.8 Å². The summed E-state index contributed by atoms with van der Waals surface area (Å²) >= 11 is 7.62. The van der Waals surface area contributed by atoms with E-state index >= 15 is 0 Å². The lowest BCUT2D eigenvalue weighted by Gasteiger charge is -2.07. The molecule has 92 valence electrons. The van der Waals surface area contributed by atoms with Gasteiger partial charge in [-0.15, -0.1) is 11.8 Å². The van der Waals surface area contributed by atoms with Gasteiger partial charge in [-0.3, -0.25) is 5.41 Å². The van der Waals surface area contributed by atoms with Crippen LogP contribution in [0.5, 0.6) is 0 Å². The van der Waals surface area contributed by atoms with Gasteiger partial charge in [0.2, 0.25) is 0 Å². The average molecular weight is 277 g/mol. The fourth-order valence-corrected chi connectivity index (χ4v) is 2.84. The summed E-state index contributed by atoms with van der Waals surface area (Å²) in [6.07, 6.45) is 0. The summed E-state index contributed by atoms with van der Waals surface area (Å²) in [6.45, 7) is 0. The highest BCUT2D eigenvalue weighted by atomic mass is 35.5. The van der Waals surface area contributed by atoms with Gasteiger partial charge >= 0.3 is 0 Å². The molecule has 2 nitrogen and oxygen atoms in total. The maximum atomic E-state index is 7.54. The predicted molar refractivity (Wildman–Crippen MR) is 78.5 cm³/mol. The third-order valence-corrected chi connectivity index (χ3v) is 3.78. The van der Waals surface area contributed by atoms with E-state index in [1.165, 1.54) is 0 Å². The standard InChI is InChI=1S/C14H13ClN2S/c15-11-5-3-6-12(8-11)18-9-10-4-1-2-7-13(10)14(16)17/h1-8H,9H2,(H3,16,17). The molecule has 0 unspecified atom stereocenters. The second kappa shape index (κ2) is 5.94. The second-order valence-electron chi connectivity index (χ2n) is 3.82. The first-order valence-electron chi connectivity index (χ1n) is 5.47. The summed E-state index contributed by atoms with van der Waals surface area (Å²) in [6, 6.07) is 15.5. The largest absolute Gasteiger partial charge is 0.384 e. The number of thioether (sulfide) groups is 1. The Hall–Kier alpha value is -1.45. The van der Waals surface area contributed by atoms with Crippen molar-refractivity contribution in [2.75, 3.05) is 0 Å². The van der Waals surface area contributed by atoms with E-state index in [9.17, 15) is 0 Å².